The first-order valence-electron chi connectivity index (χ1n) is 6.26. The molecule has 0 radical (unpaired) electrons. The molecule has 3 rings (SSSR count). The van der Waals surface area contributed by atoms with E-state index in [2.05, 4.69) is 10.3 Å². The van der Waals surface area contributed by atoms with Crippen LogP contribution in [0.15, 0.2) is 54.6 Å². The molecular formula is C16H12ClFN2. The van der Waals surface area contributed by atoms with Gasteiger partial charge in [-0.1, -0.05) is 41.9 Å². The van der Waals surface area contributed by atoms with Crippen molar-refractivity contribution in [3.8, 4) is 0 Å². The van der Waals surface area contributed by atoms with Gasteiger partial charge in [-0.2, -0.15) is 0 Å². The maximum absolute atomic E-state index is 13.7. The molecule has 1 aromatic heterocycles. The fraction of sp³-hybridized carbons (Fsp3) is 0.0625. The molecule has 1 heterocycles. The van der Waals surface area contributed by atoms with Crippen molar-refractivity contribution in [2.45, 2.75) is 6.54 Å². The van der Waals surface area contributed by atoms with Crippen molar-refractivity contribution < 1.29 is 4.39 Å². The molecule has 0 spiro atoms. The lowest BCUT2D eigenvalue weighted by atomic mass is 10.2. The zero-order valence-corrected chi connectivity index (χ0v) is 11.4. The Morgan fingerprint density at radius 3 is 2.75 bits per heavy atom. The van der Waals surface area contributed by atoms with Crippen LogP contribution in [0.2, 0.25) is 5.02 Å². The van der Waals surface area contributed by atoms with Gasteiger partial charge in [-0.25, -0.2) is 4.39 Å². The Morgan fingerprint density at radius 2 is 1.85 bits per heavy atom. The monoisotopic (exact) mass is 286 g/mol. The van der Waals surface area contributed by atoms with Crippen LogP contribution in [-0.4, -0.2) is 4.98 Å². The lowest BCUT2D eigenvalue weighted by Crippen LogP contribution is -2.03. The Labute approximate surface area is 121 Å². The molecular weight excluding hydrogens is 275 g/mol. The third-order valence-corrected chi connectivity index (χ3v) is 3.36. The standard InChI is InChI=1S/C16H12ClFN2/c17-13-5-3-7-15(16(13)18)19-10-12-9-8-11-4-1-2-6-14(11)20-12/h1-9,19H,10H2. The first kappa shape index (κ1) is 12.9. The summed E-state index contributed by atoms with van der Waals surface area (Å²) in [6.07, 6.45) is 0. The average molecular weight is 287 g/mol. The van der Waals surface area contributed by atoms with Gasteiger partial charge in [0.15, 0.2) is 5.82 Å². The Bertz CT molecular complexity index is 758. The Kier molecular flexibility index (Phi) is 3.52. The zero-order valence-electron chi connectivity index (χ0n) is 10.6. The number of halogens is 2. The quantitative estimate of drug-likeness (QED) is 0.759. The Balaban J connectivity index is 1.81. The van der Waals surface area contributed by atoms with Crippen LogP contribution in [0.4, 0.5) is 10.1 Å². The predicted molar refractivity (Wildman–Crippen MR) is 80.5 cm³/mol. The second-order valence-corrected chi connectivity index (χ2v) is 4.86. The normalized spacial score (nSPS) is 10.7. The van der Waals surface area contributed by atoms with Crippen molar-refractivity contribution in [2.24, 2.45) is 0 Å². The molecule has 0 aliphatic rings. The summed E-state index contributed by atoms with van der Waals surface area (Å²) in [6.45, 7) is 0.447. The highest BCUT2D eigenvalue weighted by atomic mass is 35.5. The zero-order chi connectivity index (χ0) is 13.9. The maximum atomic E-state index is 13.7. The highest BCUT2D eigenvalue weighted by molar-refractivity contribution is 6.31. The molecule has 0 aliphatic heterocycles. The van der Waals surface area contributed by atoms with Crippen molar-refractivity contribution in [1.29, 1.82) is 0 Å². The summed E-state index contributed by atoms with van der Waals surface area (Å²) in [5.41, 5.74) is 2.16. The summed E-state index contributed by atoms with van der Waals surface area (Å²) in [5, 5.41) is 4.21. The van der Waals surface area contributed by atoms with Crippen LogP contribution in [0, 0.1) is 5.82 Å². The lowest BCUT2D eigenvalue weighted by Gasteiger charge is -2.08. The summed E-state index contributed by atoms with van der Waals surface area (Å²) in [7, 11) is 0. The minimum Gasteiger partial charge on any atom is -0.377 e. The smallest absolute Gasteiger partial charge is 0.164 e. The van der Waals surface area contributed by atoms with Gasteiger partial charge in [0.2, 0.25) is 0 Å². The van der Waals surface area contributed by atoms with Crippen LogP contribution in [0.1, 0.15) is 5.69 Å². The van der Waals surface area contributed by atoms with E-state index in [0.29, 0.717) is 12.2 Å². The molecule has 3 aromatic rings. The van der Waals surface area contributed by atoms with E-state index in [0.717, 1.165) is 16.6 Å². The fourth-order valence-corrected chi connectivity index (χ4v) is 2.21. The molecule has 0 fully saturated rings. The highest BCUT2D eigenvalue weighted by Gasteiger charge is 2.06. The summed E-state index contributed by atoms with van der Waals surface area (Å²) >= 11 is 5.74. The van der Waals surface area contributed by atoms with Crippen molar-refractivity contribution >= 4 is 28.2 Å². The van der Waals surface area contributed by atoms with Crippen molar-refractivity contribution in [3.05, 3.63) is 71.1 Å². The maximum Gasteiger partial charge on any atom is 0.164 e. The van der Waals surface area contributed by atoms with Crippen molar-refractivity contribution in [3.63, 3.8) is 0 Å². The van der Waals surface area contributed by atoms with Crippen LogP contribution >= 0.6 is 11.6 Å². The van der Waals surface area contributed by atoms with Crippen molar-refractivity contribution in [1.82, 2.24) is 4.98 Å². The third-order valence-electron chi connectivity index (χ3n) is 3.07. The van der Waals surface area contributed by atoms with E-state index in [1.54, 1.807) is 12.1 Å². The van der Waals surface area contributed by atoms with Gasteiger partial charge in [0, 0.05) is 5.39 Å². The van der Waals surface area contributed by atoms with Gasteiger partial charge in [0.1, 0.15) is 0 Å². The number of aromatic nitrogens is 1. The third kappa shape index (κ3) is 2.58. The fourth-order valence-electron chi connectivity index (χ4n) is 2.03. The van der Waals surface area contributed by atoms with Gasteiger partial charge in [-0.3, -0.25) is 4.98 Å². The molecule has 0 amide bonds. The summed E-state index contributed by atoms with van der Waals surface area (Å²) in [6, 6.07) is 16.7. The molecule has 0 saturated heterocycles. The Morgan fingerprint density at radius 1 is 1.00 bits per heavy atom. The highest BCUT2D eigenvalue weighted by Crippen LogP contribution is 2.22. The number of para-hydroxylation sites is 1. The minimum absolute atomic E-state index is 0.112. The van der Waals surface area contributed by atoms with E-state index in [9.17, 15) is 4.39 Å². The van der Waals surface area contributed by atoms with Gasteiger partial charge in [-0.05, 0) is 24.3 Å². The molecule has 2 aromatic carbocycles. The average Bonchev–Trinajstić information content (AvgIpc) is 2.48. The second-order valence-electron chi connectivity index (χ2n) is 4.45. The van der Waals surface area contributed by atoms with Gasteiger partial charge in [-0.15, -0.1) is 0 Å². The molecule has 20 heavy (non-hydrogen) atoms. The van der Waals surface area contributed by atoms with E-state index in [4.69, 9.17) is 11.6 Å². The van der Waals surface area contributed by atoms with Crippen LogP contribution in [-0.2, 0) is 6.54 Å². The summed E-state index contributed by atoms with van der Waals surface area (Å²) < 4.78 is 13.7. The number of pyridine rings is 1. The molecule has 0 atom stereocenters. The first-order valence-corrected chi connectivity index (χ1v) is 6.64. The molecule has 0 bridgehead atoms. The van der Waals surface area contributed by atoms with E-state index in [1.165, 1.54) is 6.07 Å². The summed E-state index contributed by atoms with van der Waals surface area (Å²) in [4.78, 5) is 4.52. The largest absolute Gasteiger partial charge is 0.377 e. The number of anilines is 1. The molecule has 1 N–H and O–H groups in total. The van der Waals surface area contributed by atoms with Gasteiger partial charge >= 0.3 is 0 Å². The minimum atomic E-state index is -0.435. The van der Waals surface area contributed by atoms with Crippen LogP contribution in [0.3, 0.4) is 0 Å². The predicted octanol–water partition coefficient (Wildman–Crippen LogP) is 4.64. The van der Waals surface area contributed by atoms with Gasteiger partial charge in [0.25, 0.3) is 0 Å². The number of rotatable bonds is 3. The van der Waals surface area contributed by atoms with E-state index < -0.39 is 5.82 Å². The van der Waals surface area contributed by atoms with Crippen LogP contribution in [0.5, 0.6) is 0 Å². The SMILES string of the molecule is Fc1c(Cl)cccc1NCc1ccc2ccccc2n1. The topological polar surface area (TPSA) is 24.9 Å². The van der Waals surface area contributed by atoms with Crippen LogP contribution < -0.4 is 5.32 Å². The number of fused-ring (bicyclic) bond motifs is 1. The number of hydrogen-bond donors (Lipinski definition) is 1. The van der Waals surface area contributed by atoms with E-state index in [1.807, 2.05) is 36.4 Å². The van der Waals surface area contributed by atoms with Gasteiger partial charge < -0.3 is 5.32 Å². The molecule has 0 aliphatic carbocycles. The van der Waals surface area contributed by atoms with E-state index >= 15 is 0 Å². The molecule has 2 nitrogen and oxygen atoms in total. The first-order chi connectivity index (χ1) is 9.74. The number of hydrogen-bond acceptors (Lipinski definition) is 2. The van der Waals surface area contributed by atoms with Crippen LogP contribution in [0.25, 0.3) is 10.9 Å². The Hall–Kier alpha value is -2.13. The summed E-state index contributed by atoms with van der Waals surface area (Å²) in [5.74, 6) is -0.435. The molecule has 0 unspecified atom stereocenters. The van der Waals surface area contributed by atoms with Crippen molar-refractivity contribution in [2.75, 3.05) is 5.32 Å². The van der Waals surface area contributed by atoms with E-state index in [-0.39, 0.29) is 5.02 Å². The molecule has 100 valence electrons. The number of nitrogens with one attached hydrogen (secondary N) is 1. The number of nitrogens with zero attached hydrogens (tertiary/aromatic N) is 1. The molecule has 4 heteroatoms. The lowest BCUT2D eigenvalue weighted by molar-refractivity contribution is 0.630. The molecule has 0 saturated carbocycles. The van der Waals surface area contributed by atoms with Gasteiger partial charge in [0.05, 0.1) is 28.5 Å². The second kappa shape index (κ2) is 5.47. The number of benzene rings is 2.